The molecule has 1 amide bonds. The van der Waals surface area contributed by atoms with Gasteiger partial charge < -0.3 is 14.8 Å². The minimum Gasteiger partial charge on any atom is -0.347 e. The second-order valence-electron chi connectivity index (χ2n) is 5.18. The van der Waals surface area contributed by atoms with Gasteiger partial charge in [0, 0.05) is 32.4 Å². The van der Waals surface area contributed by atoms with Crippen LogP contribution < -0.4 is 5.32 Å². The van der Waals surface area contributed by atoms with Crippen molar-refractivity contribution in [3.8, 4) is 0 Å². The summed E-state index contributed by atoms with van der Waals surface area (Å²) in [5.41, 5.74) is 0.795. The molecule has 3 rings (SSSR count). The quantitative estimate of drug-likeness (QED) is 0.781. The van der Waals surface area contributed by atoms with E-state index in [9.17, 15) is 4.79 Å². The molecule has 2 aliphatic heterocycles. The van der Waals surface area contributed by atoms with E-state index in [1.165, 1.54) is 12.8 Å². The van der Waals surface area contributed by atoms with Crippen molar-refractivity contribution >= 4 is 5.91 Å². The first-order chi connectivity index (χ1) is 8.25. The van der Waals surface area contributed by atoms with E-state index in [4.69, 9.17) is 0 Å². The Kier molecular flexibility index (Phi) is 2.67. The molecule has 2 saturated heterocycles. The van der Waals surface area contributed by atoms with Crippen molar-refractivity contribution in [1.82, 2.24) is 14.8 Å². The molecule has 0 aromatic carbocycles. The molecule has 0 radical (unpaired) electrons. The average Bonchev–Trinajstić information content (AvgIpc) is 2.93. The first-order valence-corrected chi connectivity index (χ1v) is 6.39. The van der Waals surface area contributed by atoms with E-state index < -0.39 is 0 Å². The van der Waals surface area contributed by atoms with Gasteiger partial charge in [-0.3, -0.25) is 4.79 Å². The number of fused-ring (bicyclic) bond motifs is 1. The Morgan fingerprint density at radius 3 is 3.06 bits per heavy atom. The van der Waals surface area contributed by atoms with Crippen molar-refractivity contribution in [3.63, 3.8) is 0 Å². The number of aromatic nitrogens is 1. The second kappa shape index (κ2) is 4.18. The monoisotopic (exact) mass is 233 g/mol. The molecule has 0 unspecified atom stereocenters. The first kappa shape index (κ1) is 10.8. The summed E-state index contributed by atoms with van der Waals surface area (Å²) in [7, 11) is 1.93. The summed E-state index contributed by atoms with van der Waals surface area (Å²) >= 11 is 0. The molecule has 2 fully saturated rings. The van der Waals surface area contributed by atoms with E-state index in [0.29, 0.717) is 12.0 Å². The molecule has 0 saturated carbocycles. The SMILES string of the molecule is Cn1cccc1C(=O)N1C[C@@H]2CCCN[C@@H]2C1. The van der Waals surface area contributed by atoms with Gasteiger partial charge in [-0.15, -0.1) is 0 Å². The van der Waals surface area contributed by atoms with Gasteiger partial charge in [0.2, 0.25) is 0 Å². The molecule has 0 bridgehead atoms. The summed E-state index contributed by atoms with van der Waals surface area (Å²) in [6, 6.07) is 4.35. The van der Waals surface area contributed by atoms with Crippen molar-refractivity contribution in [1.29, 1.82) is 0 Å². The molecule has 0 spiro atoms. The van der Waals surface area contributed by atoms with Crippen LogP contribution in [0.15, 0.2) is 18.3 Å². The number of carbonyl (C=O) groups excluding carboxylic acids is 1. The fourth-order valence-electron chi connectivity index (χ4n) is 3.06. The van der Waals surface area contributed by atoms with Crippen LogP contribution in [0, 0.1) is 5.92 Å². The van der Waals surface area contributed by atoms with Crippen molar-refractivity contribution in [3.05, 3.63) is 24.0 Å². The van der Waals surface area contributed by atoms with Crippen LogP contribution in [0.5, 0.6) is 0 Å². The minimum atomic E-state index is 0.175. The number of likely N-dealkylation sites (tertiary alicyclic amines) is 1. The van der Waals surface area contributed by atoms with Crippen molar-refractivity contribution in [2.45, 2.75) is 18.9 Å². The number of carbonyl (C=O) groups is 1. The van der Waals surface area contributed by atoms with Gasteiger partial charge in [0.1, 0.15) is 5.69 Å². The predicted octanol–water partition coefficient (Wildman–Crippen LogP) is 0.849. The van der Waals surface area contributed by atoms with Crippen LogP contribution >= 0.6 is 0 Å². The Labute approximate surface area is 102 Å². The molecule has 2 aliphatic rings. The van der Waals surface area contributed by atoms with Gasteiger partial charge in [0.15, 0.2) is 0 Å². The normalized spacial score (nSPS) is 28.2. The molecule has 1 aromatic heterocycles. The maximum Gasteiger partial charge on any atom is 0.270 e. The molecule has 2 atom stereocenters. The summed E-state index contributed by atoms with van der Waals surface area (Å²) in [6.45, 7) is 2.89. The van der Waals surface area contributed by atoms with Crippen molar-refractivity contribution < 1.29 is 4.79 Å². The molecular formula is C13H19N3O. The number of amides is 1. The summed E-state index contributed by atoms with van der Waals surface area (Å²) in [4.78, 5) is 14.4. The van der Waals surface area contributed by atoms with Gasteiger partial charge in [-0.1, -0.05) is 0 Å². The van der Waals surface area contributed by atoms with Crippen LogP contribution in [0.2, 0.25) is 0 Å². The Morgan fingerprint density at radius 1 is 1.47 bits per heavy atom. The van der Waals surface area contributed by atoms with Crippen LogP contribution in [-0.4, -0.2) is 41.1 Å². The molecular weight excluding hydrogens is 214 g/mol. The Hall–Kier alpha value is -1.29. The average molecular weight is 233 g/mol. The lowest BCUT2D eigenvalue weighted by Crippen LogP contribution is -2.41. The number of nitrogens with one attached hydrogen (secondary N) is 1. The molecule has 1 N–H and O–H groups in total. The molecule has 1 aromatic rings. The first-order valence-electron chi connectivity index (χ1n) is 6.39. The van der Waals surface area contributed by atoms with Crippen LogP contribution in [0.4, 0.5) is 0 Å². The minimum absolute atomic E-state index is 0.175. The second-order valence-corrected chi connectivity index (χ2v) is 5.18. The summed E-state index contributed by atoms with van der Waals surface area (Å²) in [5, 5.41) is 3.53. The highest BCUT2D eigenvalue weighted by molar-refractivity contribution is 5.93. The highest BCUT2D eigenvalue weighted by Gasteiger charge is 2.36. The summed E-state index contributed by atoms with van der Waals surface area (Å²) in [5.74, 6) is 0.835. The van der Waals surface area contributed by atoms with E-state index >= 15 is 0 Å². The van der Waals surface area contributed by atoms with Gasteiger partial charge >= 0.3 is 0 Å². The molecule has 0 aliphatic carbocycles. The van der Waals surface area contributed by atoms with Gasteiger partial charge in [-0.25, -0.2) is 0 Å². The molecule has 17 heavy (non-hydrogen) atoms. The van der Waals surface area contributed by atoms with Gasteiger partial charge in [-0.2, -0.15) is 0 Å². The molecule has 4 heteroatoms. The topological polar surface area (TPSA) is 37.3 Å². The zero-order valence-corrected chi connectivity index (χ0v) is 10.2. The van der Waals surface area contributed by atoms with Crippen LogP contribution in [0.1, 0.15) is 23.3 Å². The third kappa shape index (κ3) is 1.86. The highest BCUT2D eigenvalue weighted by Crippen LogP contribution is 2.25. The summed E-state index contributed by atoms with van der Waals surface area (Å²) < 4.78 is 1.90. The number of hydrogen-bond acceptors (Lipinski definition) is 2. The van der Waals surface area contributed by atoms with Crippen LogP contribution in [0.25, 0.3) is 0 Å². The summed E-state index contributed by atoms with van der Waals surface area (Å²) in [6.07, 6.45) is 4.43. The Morgan fingerprint density at radius 2 is 2.35 bits per heavy atom. The standard InChI is InChI=1S/C13H19N3O/c1-15-7-3-5-12(15)13(17)16-8-10-4-2-6-14-11(10)9-16/h3,5,7,10-11,14H,2,4,6,8-9H2,1H3/t10-,11+/m0/s1. The maximum atomic E-state index is 12.3. The van der Waals surface area contributed by atoms with E-state index in [1.807, 2.05) is 34.8 Å². The number of aryl methyl sites for hydroxylation is 1. The number of nitrogens with zero attached hydrogens (tertiary/aromatic N) is 2. The third-order valence-electron chi connectivity index (χ3n) is 4.05. The number of hydrogen-bond donors (Lipinski definition) is 1. The van der Waals surface area contributed by atoms with Crippen LogP contribution in [-0.2, 0) is 7.05 Å². The van der Waals surface area contributed by atoms with Crippen molar-refractivity contribution in [2.75, 3.05) is 19.6 Å². The van der Waals surface area contributed by atoms with E-state index in [1.54, 1.807) is 0 Å². The maximum absolute atomic E-state index is 12.3. The van der Waals surface area contributed by atoms with Gasteiger partial charge in [-0.05, 0) is 37.4 Å². The molecule has 3 heterocycles. The van der Waals surface area contributed by atoms with E-state index in [2.05, 4.69) is 5.32 Å². The van der Waals surface area contributed by atoms with E-state index in [0.717, 1.165) is 25.3 Å². The molecule has 92 valence electrons. The largest absolute Gasteiger partial charge is 0.347 e. The lowest BCUT2D eigenvalue weighted by molar-refractivity contribution is 0.0776. The lowest BCUT2D eigenvalue weighted by atomic mass is 9.94. The van der Waals surface area contributed by atoms with Crippen LogP contribution in [0.3, 0.4) is 0 Å². The lowest BCUT2D eigenvalue weighted by Gasteiger charge is -2.24. The Balaban J connectivity index is 1.74. The number of rotatable bonds is 1. The fraction of sp³-hybridized carbons (Fsp3) is 0.615. The van der Waals surface area contributed by atoms with Gasteiger partial charge in [0.25, 0.3) is 5.91 Å². The smallest absolute Gasteiger partial charge is 0.270 e. The zero-order chi connectivity index (χ0) is 11.8. The highest BCUT2D eigenvalue weighted by atomic mass is 16.2. The van der Waals surface area contributed by atoms with Gasteiger partial charge in [0.05, 0.1) is 0 Å². The Bertz CT molecular complexity index is 412. The van der Waals surface area contributed by atoms with Crippen molar-refractivity contribution in [2.24, 2.45) is 13.0 Å². The van der Waals surface area contributed by atoms with E-state index in [-0.39, 0.29) is 5.91 Å². The number of piperidine rings is 1. The predicted molar refractivity (Wildman–Crippen MR) is 65.8 cm³/mol. The fourth-order valence-corrected chi connectivity index (χ4v) is 3.06. The third-order valence-corrected chi connectivity index (χ3v) is 4.05. The zero-order valence-electron chi connectivity index (χ0n) is 10.2. The molecule has 4 nitrogen and oxygen atoms in total.